The highest BCUT2D eigenvalue weighted by Crippen LogP contribution is 2.37. The minimum Gasteiger partial charge on any atom is -1.00 e. The van der Waals surface area contributed by atoms with Crippen LogP contribution in [0.4, 0.5) is 0 Å². The minimum atomic E-state index is -0.519. The maximum Gasteiger partial charge on any atom is 0.317 e. The zero-order valence-corrected chi connectivity index (χ0v) is 12.9. The topological polar surface area (TPSA) is 52.3 Å². The number of piperidine rings is 1. The van der Waals surface area contributed by atoms with Crippen LogP contribution >= 0.6 is 0 Å². The quantitative estimate of drug-likeness (QED) is 0.424. The molecule has 0 unspecified atom stereocenters. The van der Waals surface area contributed by atoms with Gasteiger partial charge in [-0.1, -0.05) is 30.3 Å². The molecule has 4 nitrogen and oxygen atoms in total. The number of rotatable bonds is 3. The third kappa shape index (κ3) is 3.32. The van der Waals surface area contributed by atoms with Crippen molar-refractivity contribution in [2.45, 2.75) is 25.2 Å². The molecule has 2 rings (SSSR count). The summed E-state index contributed by atoms with van der Waals surface area (Å²) in [5.74, 6) is 6.03. The Morgan fingerprint density at radius 3 is 2.35 bits per heavy atom. The second-order valence-electron chi connectivity index (χ2n) is 5.60. The van der Waals surface area contributed by atoms with Crippen molar-refractivity contribution in [2.24, 2.45) is 5.84 Å². The highest BCUT2D eigenvalue weighted by molar-refractivity contribution is 5.83. The Labute approximate surface area is 126 Å². The molecule has 0 atom stereocenters. The van der Waals surface area contributed by atoms with Crippen LogP contribution in [-0.4, -0.2) is 37.3 Å². The van der Waals surface area contributed by atoms with E-state index in [0.717, 1.165) is 31.5 Å². The first kappa shape index (κ1) is 17.0. The Bertz CT molecular complexity index is 438. The van der Waals surface area contributed by atoms with E-state index in [1.54, 1.807) is 0 Å². The van der Waals surface area contributed by atoms with Crippen molar-refractivity contribution < 1.29 is 26.5 Å². The first-order valence-corrected chi connectivity index (χ1v) is 6.86. The highest BCUT2D eigenvalue weighted by atomic mass is 35.5. The summed E-state index contributed by atoms with van der Waals surface area (Å²) in [6.07, 6.45) is 1.48. The van der Waals surface area contributed by atoms with Crippen LogP contribution in [-0.2, 0) is 14.9 Å². The number of nitrogens with zero attached hydrogens (tertiary/aromatic N) is 1. The first-order valence-electron chi connectivity index (χ1n) is 6.86. The van der Waals surface area contributed by atoms with Crippen molar-refractivity contribution >= 4 is 5.97 Å². The van der Waals surface area contributed by atoms with E-state index in [9.17, 15) is 4.79 Å². The number of halogens is 1. The summed E-state index contributed by atoms with van der Waals surface area (Å²) in [5, 5.41) is 0. The van der Waals surface area contributed by atoms with Gasteiger partial charge in [0.2, 0.25) is 0 Å². The van der Waals surface area contributed by atoms with Crippen LogP contribution in [0.5, 0.6) is 0 Å². The van der Waals surface area contributed by atoms with Gasteiger partial charge in [0.1, 0.15) is 5.41 Å². The van der Waals surface area contributed by atoms with Gasteiger partial charge in [-0.2, -0.15) is 5.84 Å². The monoisotopic (exact) mass is 298 g/mol. The fourth-order valence-electron chi connectivity index (χ4n) is 2.77. The number of nitrogens with two attached hydrogens (primary N) is 1. The van der Waals surface area contributed by atoms with E-state index in [4.69, 9.17) is 10.6 Å². The number of hydrogen-bond acceptors (Lipinski definition) is 3. The number of ether oxygens (including phenoxy) is 1. The van der Waals surface area contributed by atoms with Crippen LogP contribution in [0.25, 0.3) is 0 Å². The number of carbonyl (C=O) groups excluding carboxylic acids is 1. The molecule has 112 valence electrons. The zero-order chi connectivity index (χ0) is 13.9. The number of carbonyl (C=O) groups is 1. The van der Waals surface area contributed by atoms with Crippen LogP contribution in [0.2, 0.25) is 0 Å². The second-order valence-corrected chi connectivity index (χ2v) is 5.60. The van der Waals surface area contributed by atoms with Crippen molar-refractivity contribution in [3.8, 4) is 0 Å². The van der Waals surface area contributed by atoms with Crippen LogP contribution in [0.15, 0.2) is 30.3 Å². The predicted molar refractivity (Wildman–Crippen MR) is 74.1 cm³/mol. The summed E-state index contributed by atoms with van der Waals surface area (Å²) < 4.78 is 5.80. The number of likely N-dealkylation sites (tertiary alicyclic amines) is 1. The van der Waals surface area contributed by atoms with Gasteiger partial charge in [-0.3, -0.25) is 9.39 Å². The molecule has 20 heavy (non-hydrogen) atoms. The average molecular weight is 299 g/mol. The van der Waals surface area contributed by atoms with E-state index in [2.05, 4.69) is 0 Å². The van der Waals surface area contributed by atoms with E-state index in [1.165, 1.54) is 0 Å². The smallest absolute Gasteiger partial charge is 0.317 e. The molecule has 1 heterocycles. The minimum absolute atomic E-state index is 0. The van der Waals surface area contributed by atoms with E-state index < -0.39 is 5.41 Å². The standard InChI is InChI=1S/C15H23N2O2.ClH/c1-3-19-14(18)15(13-7-5-4-6-8-13)9-11-17(2,16)12-10-15;/h4-8H,3,9-12,16H2,1-2H3;1H/q+1;/p-1. The number of quaternary nitrogens is 1. The van der Waals surface area contributed by atoms with Gasteiger partial charge in [0.05, 0.1) is 26.7 Å². The summed E-state index contributed by atoms with van der Waals surface area (Å²) >= 11 is 0. The van der Waals surface area contributed by atoms with Gasteiger partial charge < -0.3 is 17.1 Å². The van der Waals surface area contributed by atoms with Crippen molar-refractivity contribution in [1.82, 2.24) is 0 Å². The second kappa shape index (κ2) is 6.57. The van der Waals surface area contributed by atoms with Gasteiger partial charge in [-0.15, -0.1) is 0 Å². The lowest BCUT2D eigenvalue weighted by atomic mass is 9.72. The molecule has 0 saturated carbocycles. The molecule has 0 radical (unpaired) electrons. The summed E-state index contributed by atoms with van der Waals surface area (Å²) in [7, 11) is 2.00. The molecule has 0 amide bonds. The van der Waals surface area contributed by atoms with E-state index >= 15 is 0 Å². The SMILES string of the molecule is CCOC(=O)C1(c2ccccc2)CC[N+](C)(N)CC1.[Cl-]. The van der Waals surface area contributed by atoms with E-state index in [1.807, 2.05) is 44.3 Å². The Morgan fingerprint density at radius 2 is 1.85 bits per heavy atom. The molecule has 1 aliphatic heterocycles. The average Bonchev–Trinajstić information content (AvgIpc) is 2.40. The van der Waals surface area contributed by atoms with Gasteiger partial charge in [-0.05, 0) is 12.5 Å². The van der Waals surface area contributed by atoms with Crippen LogP contribution < -0.4 is 18.2 Å². The predicted octanol–water partition coefficient (Wildman–Crippen LogP) is -1.39. The Kier molecular flexibility index (Phi) is 5.57. The highest BCUT2D eigenvalue weighted by Gasteiger charge is 2.47. The number of hydrogen-bond donors (Lipinski definition) is 1. The molecule has 1 fully saturated rings. The molecular weight excluding hydrogens is 276 g/mol. The normalized spacial score (nSPS) is 29.4. The van der Waals surface area contributed by atoms with E-state index in [-0.39, 0.29) is 18.4 Å². The van der Waals surface area contributed by atoms with Gasteiger partial charge in [0.25, 0.3) is 0 Å². The molecule has 1 aliphatic rings. The van der Waals surface area contributed by atoms with Crippen LogP contribution in [0.3, 0.4) is 0 Å². The molecule has 1 saturated heterocycles. The third-order valence-corrected chi connectivity index (χ3v) is 4.09. The molecule has 1 aromatic rings. The van der Waals surface area contributed by atoms with Crippen molar-refractivity contribution in [2.75, 3.05) is 26.7 Å². The molecule has 0 spiro atoms. The summed E-state index contributed by atoms with van der Waals surface area (Å²) in [5.41, 5.74) is 0.530. The van der Waals surface area contributed by atoms with Crippen molar-refractivity contribution in [3.63, 3.8) is 0 Å². The molecule has 0 bridgehead atoms. The summed E-state index contributed by atoms with van der Waals surface area (Å²) in [6.45, 7) is 3.84. The number of esters is 1. The summed E-state index contributed by atoms with van der Waals surface area (Å²) in [6, 6.07) is 9.95. The summed E-state index contributed by atoms with van der Waals surface area (Å²) in [4.78, 5) is 12.5. The molecule has 5 heteroatoms. The van der Waals surface area contributed by atoms with Gasteiger partial charge in [0, 0.05) is 12.8 Å². The molecule has 1 aromatic carbocycles. The van der Waals surface area contributed by atoms with Gasteiger partial charge in [0.15, 0.2) is 0 Å². The molecule has 2 N–H and O–H groups in total. The van der Waals surface area contributed by atoms with Crippen molar-refractivity contribution in [1.29, 1.82) is 0 Å². The lowest BCUT2D eigenvalue weighted by molar-refractivity contribution is -0.926. The lowest BCUT2D eigenvalue weighted by Crippen LogP contribution is -3.00. The fraction of sp³-hybridized carbons (Fsp3) is 0.533. The van der Waals surface area contributed by atoms with Crippen molar-refractivity contribution in [3.05, 3.63) is 35.9 Å². The van der Waals surface area contributed by atoms with Gasteiger partial charge in [-0.25, -0.2) is 0 Å². The zero-order valence-electron chi connectivity index (χ0n) is 12.1. The number of benzene rings is 1. The largest absolute Gasteiger partial charge is 1.00 e. The van der Waals surface area contributed by atoms with Gasteiger partial charge >= 0.3 is 5.97 Å². The Hall–Kier alpha value is -1.10. The lowest BCUT2D eigenvalue weighted by Gasteiger charge is -2.42. The van der Waals surface area contributed by atoms with E-state index in [0.29, 0.717) is 11.2 Å². The molecular formula is C15H23ClN2O2. The van der Waals surface area contributed by atoms with Crippen LogP contribution in [0, 0.1) is 0 Å². The molecule has 0 aromatic heterocycles. The first-order chi connectivity index (χ1) is 9.00. The third-order valence-electron chi connectivity index (χ3n) is 4.09. The van der Waals surface area contributed by atoms with Crippen LogP contribution in [0.1, 0.15) is 25.3 Å². The Balaban J connectivity index is 0.00000200. The fourth-order valence-corrected chi connectivity index (χ4v) is 2.77. The Morgan fingerprint density at radius 1 is 1.30 bits per heavy atom. The maximum atomic E-state index is 12.5. The molecule has 0 aliphatic carbocycles. The maximum absolute atomic E-state index is 12.5.